The molecule has 1 aliphatic heterocycles. The van der Waals surface area contributed by atoms with Crippen molar-refractivity contribution < 1.29 is 0 Å². The summed E-state index contributed by atoms with van der Waals surface area (Å²) in [6.45, 7) is 1.79. The second-order valence-corrected chi connectivity index (χ2v) is 5.81. The Kier molecular flexibility index (Phi) is 3.25. The van der Waals surface area contributed by atoms with Crippen LogP contribution >= 0.6 is 0 Å². The van der Waals surface area contributed by atoms with Crippen LogP contribution in [0.4, 0.5) is 5.69 Å². The molecule has 0 amide bonds. The van der Waals surface area contributed by atoms with Crippen LogP contribution in [0.3, 0.4) is 0 Å². The summed E-state index contributed by atoms with van der Waals surface area (Å²) in [7, 11) is 0. The van der Waals surface area contributed by atoms with Gasteiger partial charge in [0.15, 0.2) is 0 Å². The summed E-state index contributed by atoms with van der Waals surface area (Å²) in [5.41, 5.74) is 9.41. The fourth-order valence-corrected chi connectivity index (χ4v) is 3.42. The van der Waals surface area contributed by atoms with Gasteiger partial charge in [0.1, 0.15) is 6.17 Å². The number of rotatable bonds is 4. The van der Waals surface area contributed by atoms with Gasteiger partial charge in [0.25, 0.3) is 0 Å². The van der Waals surface area contributed by atoms with Gasteiger partial charge in [-0.3, -0.25) is 0 Å². The van der Waals surface area contributed by atoms with Gasteiger partial charge in [-0.05, 0) is 24.1 Å². The highest BCUT2D eigenvalue weighted by Crippen LogP contribution is 2.42. The van der Waals surface area contributed by atoms with Crippen LogP contribution in [0.1, 0.15) is 23.7 Å². The zero-order chi connectivity index (χ0) is 15.8. The van der Waals surface area contributed by atoms with E-state index in [1.54, 1.807) is 6.20 Å². The van der Waals surface area contributed by atoms with E-state index in [0.29, 0.717) is 5.56 Å². The van der Waals surface area contributed by atoms with Crippen molar-refractivity contribution in [3.8, 4) is 6.07 Å². The van der Waals surface area contributed by atoms with E-state index < -0.39 is 0 Å². The first-order valence-electron chi connectivity index (χ1n) is 7.73. The third kappa shape index (κ3) is 2.16. The van der Waals surface area contributed by atoms with Gasteiger partial charge >= 0.3 is 0 Å². The molecule has 5 heteroatoms. The highest BCUT2D eigenvalue weighted by atomic mass is 15.2. The average Bonchev–Trinajstić information content (AvgIpc) is 3.18. The maximum absolute atomic E-state index is 9.31. The molecule has 5 nitrogen and oxygen atoms in total. The predicted molar refractivity (Wildman–Crippen MR) is 89.8 cm³/mol. The van der Waals surface area contributed by atoms with Gasteiger partial charge in [0, 0.05) is 41.9 Å². The van der Waals surface area contributed by atoms with Crippen LogP contribution in [0, 0.1) is 11.3 Å². The van der Waals surface area contributed by atoms with Gasteiger partial charge in [-0.15, -0.1) is 0 Å². The summed E-state index contributed by atoms with van der Waals surface area (Å²) in [6.07, 6.45) is 6.43. The minimum atomic E-state index is -0.148. The van der Waals surface area contributed by atoms with Crippen molar-refractivity contribution in [2.45, 2.75) is 19.1 Å². The van der Waals surface area contributed by atoms with Gasteiger partial charge in [-0.1, -0.05) is 18.2 Å². The first-order valence-corrected chi connectivity index (χ1v) is 7.73. The normalized spacial score (nSPS) is 16.0. The molecule has 4 rings (SSSR count). The van der Waals surface area contributed by atoms with Crippen LogP contribution in [0.15, 0.2) is 49.1 Å². The number of hydrogen-bond donors (Lipinski definition) is 1. The van der Waals surface area contributed by atoms with Crippen LogP contribution in [0.25, 0.3) is 10.8 Å². The number of aryl methyl sites for hydroxylation is 1. The third-order valence-electron chi connectivity index (χ3n) is 4.51. The molecule has 0 aliphatic carbocycles. The fourth-order valence-electron chi connectivity index (χ4n) is 3.42. The Morgan fingerprint density at radius 1 is 1.22 bits per heavy atom. The van der Waals surface area contributed by atoms with Crippen LogP contribution in [0.5, 0.6) is 0 Å². The van der Waals surface area contributed by atoms with Crippen LogP contribution in [-0.2, 0) is 6.54 Å². The van der Waals surface area contributed by atoms with Gasteiger partial charge in [0.2, 0.25) is 0 Å². The Balaban J connectivity index is 1.65. The van der Waals surface area contributed by atoms with Crippen molar-refractivity contribution in [3.05, 3.63) is 60.2 Å². The standard InChI is InChI=1S/C18H17N5/c19-11-13-5-6-16-17-14(13)3-1-4-15(17)18(20)23(16)9-2-8-22-10-7-21-12-22/h1,3-7,10,12,18H,2,8-9,20H2. The second kappa shape index (κ2) is 5.41. The van der Waals surface area contributed by atoms with E-state index in [4.69, 9.17) is 5.73 Å². The fraction of sp³-hybridized carbons (Fsp3) is 0.222. The lowest BCUT2D eigenvalue weighted by atomic mass is 10.0. The van der Waals surface area contributed by atoms with Gasteiger partial charge in [0.05, 0.1) is 18.0 Å². The summed E-state index contributed by atoms with van der Waals surface area (Å²) >= 11 is 0. The average molecular weight is 303 g/mol. The topological polar surface area (TPSA) is 70.9 Å². The molecule has 114 valence electrons. The van der Waals surface area contributed by atoms with E-state index in [0.717, 1.165) is 41.5 Å². The highest BCUT2D eigenvalue weighted by molar-refractivity contribution is 6.03. The number of hydrogen-bond acceptors (Lipinski definition) is 4. The highest BCUT2D eigenvalue weighted by Gasteiger charge is 2.28. The lowest BCUT2D eigenvalue weighted by Crippen LogP contribution is -2.32. The minimum absolute atomic E-state index is 0.148. The Hall–Kier alpha value is -2.84. The van der Waals surface area contributed by atoms with Crippen molar-refractivity contribution in [3.63, 3.8) is 0 Å². The monoisotopic (exact) mass is 303 g/mol. The SMILES string of the molecule is N#Cc1ccc2c3c(cccc13)C(N)N2CCCn1ccnc1. The van der Waals surface area contributed by atoms with Crippen molar-refractivity contribution in [1.82, 2.24) is 9.55 Å². The molecular formula is C18H17N5. The molecule has 0 radical (unpaired) electrons. The summed E-state index contributed by atoms with van der Waals surface area (Å²) in [5.74, 6) is 0. The summed E-state index contributed by atoms with van der Waals surface area (Å²) in [6, 6.07) is 12.2. The lowest BCUT2D eigenvalue weighted by molar-refractivity contribution is 0.586. The second-order valence-electron chi connectivity index (χ2n) is 5.81. The zero-order valence-electron chi connectivity index (χ0n) is 12.7. The number of nitrogens with zero attached hydrogens (tertiary/aromatic N) is 4. The molecule has 23 heavy (non-hydrogen) atoms. The molecule has 2 N–H and O–H groups in total. The molecule has 0 saturated carbocycles. The Morgan fingerprint density at radius 3 is 2.91 bits per heavy atom. The molecule has 0 bridgehead atoms. The predicted octanol–water partition coefficient (Wildman–Crippen LogP) is 2.78. The number of nitriles is 1. The quantitative estimate of drug-likeness (QED) is 0.804. The molecule has 0 spiro atoms. The number of benzene rings is 2. The molecule has 1 aromatic heterocycles. The van der Waals surface area contributed by atoms with E-state index in [2.05, 4.69) is 26.6 Å². The Morgan fingerprint density at radius 2 is 2.13 bits per heavy atom. The number of nitrogens with two attached hydrogens (primary N) is 1. The number of anilines is 1. The number of aromatic nitrogens is 2. The molecule has 1 unspecified atom stereocenters. The van der Waals surface area contributed by atoms with E-state index >= 15 is 0 Å². The van der Waals surface area contributed by atoms with Crippen LogP contribution in [-0.4, -0.2) is 16.1 Å². The molecular weight excluding hydrogens is 286 g/mol. The molecule has 0 fully saturated rings. The first kappa shape index (κ1) is 13.8. The minimum Gasteiger partial charge on any atom is -0.352 e. The van der Waals surface area contributed by atoms with Crippen molar-refractivity contribution in [1.29, 1.82) is 5.26 Å². The summed E-state index contributed by atoms with van der Waals surface area (Å²) in [5, 5.41) is 11.4. The first-order chi connectivity index (χ1) is 11.3. The number of imidazole rings is 1. The zero-order valence-corrected chi connectivity index (χ0v) is 12.7. The summed E-state index contributed by atoms with van der Waals surface area (Å²) < 4.78 is 2.07. The molecule has 2 aromatic carbocycles. The van der Waals surface area contributed by atoms with Crippen molar-refractivity contribution in [2.75, 3.05) is 11.4 Å². The maximum Gasteiger partial charge on any atom is 0.104 e. The Labute approximate surface area is 134 Å². The van der Waals surface area contributed by atoms with Crippen LogP contribution < -0.4 is 10.6 Å². The third-order valence-corrected chi connectivity index (χ3v) is 4.51. The van der Waals surface area contributed by atoms with Gasteiger partial charge in [-0.2, -0.15) is 5.26 Å². The van der Waals surface area contributed by atoms with Gasteiger partial charge < -0.3 is 15.2 Å². The lowest BCUT2D eigenvalue weighted by Gasteiger charge is -2.25. The van der Waals surface area contributed by atoms with E-state index in [1.807, 2.05) is 36.8 Å². The maximum atomic E-state index is 9.31. The molecule has 0 saturated heterocycles. The van der Waals surface area contributed by atoms with Gasteiger partial charge in [-0.25, -0.2) is 4.98 Å². The van der Waals surface area contributed by atoms with Crippen molar-refractivity contribution in [2.24, 2.45) is 5.73 Å². The van der Waals surface area contributed by atoms with Crippen LogP contribution in [0.2, 0.25) is 0 Å². The summed E-state index contributed by atoms with van der Waals surface area (Å²) in [4.78, 5) is 6.30. The smallest absolute Gasteiger partial charge is 0.104 e. The molecule has 1 atom stereocenters. The van der Waals surface area contributed by atoms with E-state index in [1.165, 1.54) is 0 Å². The van der Waals surface area contributed by atoms with E-state index in [9.17, 15) is 5.26 Å². The van der Waals surface area contributed by atoms with E-state index in [-0.39, 0.29) is 6.17 Å². The Bertz CT molecular complexity index is 892. The molecule has 3 aromatic rings. The van der Waals surface area contributed by atoms with Crippen molar-refractivity contribution >= 4 is 16.5 Å². The largest absolute Gasteiger partial charge is 0.352 e. The molecule has 2 heterocycles. The molecule has 1 aliphatic rings.